The maximum absolute atomic E-state index is 13.2. The van der Waals surface area contributed by atoms with Crippen molar-refractivity contribution < 1.29 is 14.0 Å². The van der Waals surface area contributed by atoms with E-state index in [0.29, 0.717) is 10.7 Å². The van der Waals surface area contributed by atoms with Crippen LogP contribution in [0.15, 0.2) is 60.8 Å². The second-order valence-corrected chi connectivity index (χ2v) is 6.91. The van der Waals surface area contributed by atoms with E-state index in [1.54, 1.807) is 12.1 Å². The predicted octanol–water partition coefficient (Wildman–Crippen LogP) is 4.50. The summed E-state index contributed by atoms with van der Waals surface area (Å²) in [6, 6.07) is 12.6. The number of amides is 2. The van der Waals surface area contributed by atoms with Crippen LogP contribution in [0.25, 0.3) is 10.2 Å². The molecule has 0 saturated heterocycles. The molecule has 3 aromatic rings. The molecule has 0 radical (unpaired) electrons. The molecule has 2 amide bonds. The van der Waals surface area contributed by atoms with Gasteiger partial charge < -0.3 is 0 Å². The van der Waals surface area contributed by atoms with Crippen molar-refractivity contribution in [2.45, 2.75) is 12.5 Å². The lowest BCUT2D eigenvalue weighted by molar-refractivity contribution is -0.116. The number of allylic oxidation sites excluding steroid dienone is 1. The SMILES string of the molecule is O=C1C=CN(C(=O)Nc2nc3ccccc3s2)C(c2ccc(F)cc2)C1. The summed E-state index contributed by atoms with van der Waals surface area (Å²) in [5, 5.41) is 3.27. The summed E-state index contributed by atoms with van der Waals surface area (Å²) < 4.78 is 14.2. The van der Waals surface area contributed by atoms with Crippen molar-refractivity contribution in [1.29, 1.82) is 0 Å². The van der Waals surface area contributed by atoms with Gasteiger partial charge in [0, 0.05) is 12.6 Å². The first kappa shape index (κ1) is 16.4. The van der Waals surface area contributed by atoms with E-state index >= 15 is 0 Å². The fourth-order valence-electron chi connectivity index (χ4n) is 2.88. The highest BCUT2D eigenvalue weighted by Crippen LogP contribution is 2.31. The van der Waals surface area contributed by atoms with Gasteiger partial charge in [-0.25, -0.2) is 14.2 Å². The lowest BCUT2D eigenvalue weighted by Gasteiger charge is -2.31. The third kappa shape index (κ3) is 3.21. The van der Waals surface area contributed by atoms with E-state index in [1.165, 1.54) is 40.6 Å². The van der Waals surface area contributed by atoms with Crippen LogP contribution < -0.4 is 5.32 Å². The van der Waals surface area contributed by atoms with Gasteiger partial charge in [0.25, 0.3) is 0 Å². The molecular formula is C19H14FN3O2S. The van der Waals surface area contributed by atoms with Gasteiger partial charge >= 0.3 is 6.03 Å². The van der Waals surface area contributed by atoms with Crippen LogP contribution >= 0.6 is 11.3 Å². The van der Waals surface area contributed by atoms with Crippen molar-refractivity contribution in [3.63, 3.8) is 0 Å². The van der Waals surface area contributed by atoms with Crippen LogP contribution in [0.2, 0.25) is 0 Å². The highest BCUT2D eigenvalue weighted by Gasteiger charge is 2.29. The normalized spacial score (nSPS) is 16.9. The van der Waals surface area contributed by atoms with E-state index in [4.69, 9.17) is 0 Å². The Morgan fingerprint density at radius 3 is 2.73 bits per heavy atom. The largest absolute Gasteiger partial charge is 0.328 e. The van der Waals surface area contributed by atoms with Crippen molar-refractivity contribution in [2.24, 2.45) is 0 Å². The monoisotopic (exact) mass is 367 g/mol. The fourth-order valence-corrected chi connectivity index (χ4v) is 3.73. The minimum atomic E-state index is -0.484. The van der Waals surface area contributed by atoms with Gasteiger partial charge in [0.1, 0.15) is 5.82 Å². The molecule has 1 aromatic heterocycles. The van der Waals surface area contributed by atoms with Crippen LogP contribution in [-0.2, 0) is 4.79 Å². The van der Waals surface area contributed by atoms with Crippen molar-refractivity contribution >= 4 is 38.5 Å². The fraction of sp³-hybridized carbons (Fsp3) is 0.105. The number of thiazole rings is 1. The number of hydrogen-bond donors (Lipinski definition) is 1. The number of carbonyl (C=O) groups is 2. The van der Waals surface area contributed by atoms with Gasteiger partial charge in [0.05, 0.1) is 16.3 Å². The zero-order valence-corrected chi connectivity index (χ0v) is 14.4. The first-order valence-corrected chi connectivity index (χ1v) is 8.83. The van der Waals surface area contributed by atoms with Gasteiger partial charge in [-0.15, -0.1) is 0 Å². The van der Waals surface area contributed by atoms with Gasteiger partial charge in [-0.05, 0) is 35.9 Å². The molecule has 0 aliphatic carbocycles. The number of halogens is 1. The first-order valence-electron chi connectivity index (χ1n) is 8.01. The molecule has 1 N–H and O–H groups in total. The number of anilines is 1. The van der Waals surface area contributed by atoms with Crippen LogP contribution in [0, 0.1) is 5.82 Å². The summed E-state index contributed by atoms with van der Waals surface area (Å²) in [6.07, 6.45) is 2.98. The summed E-state index contributed by atoms with van der Waals surface area (Å²) in [7, 11) is 0. The lowest BCUT2D eigenvalue weighted by atomic mass is 9.97. The Kier molecular flexibility index (Phi) is 4.22. The number of rotatable bonds is 2. The molecule has 4 rings (SSSR count). The smallest absolute Gasteiger partial charge is 0.295 e. The highest BCUT2D eigenvalue weighted by atomic mass is 32.1. The van der Waals surface area contributed by atoms with E-state index in [9.17, 15) is 14.0 Å². The second kappa shape index (κ2) is 6.68. The maximum atomic E-state index is 13.2. The van der Waals surface area contributed by atoms with Gasteiger partial charge in [-0.2, -0.15) is 0 Å². The van der Waals surface area contributed by atoms with Crippen LogP contribution in [-0.4, -0.2) is 21.7 Å². The minimum absolute atomic E-state index is 0.0802. The molecule has 0 fully saturated rings. The van der Waals surface area contributed by atoms with E-state index in [-0.39, 0.29) is 24.1 Å². The number of benzene rings is 2. The predicted molar refractivity (Wildman–Crippen MR) is 98.4 cm³/mol. The number of carbonyl (C=O) groups excluding carboxylic acids is 2. The Morgan fingerprint density at radius 2 is 1.96 bits per heavy atom. The topological polar surface area (TPSA) is 62.3 Å². The number of urea groups is 1. The number of nitrogens with one attached hydrogen (secondary N) is 1. The van der Waals surface area contributed by atoms with Crippen LogP contribution in [0.5, 0.6) is 0 Å². The molecule has 130 valence electrons. The zero-order valence-electron chi connectivity index (χ0n) is 13.6. The van der Waals surface area contributed by atoms with E-state index in [2.05, 4.69) is 10.3 Å². The Balaban J connectivity index is 1.60. The van der Waals surface area contributed by atoms with Crippen LogP contribution in [0.3, 0.4) is 0 Å². The Morgan fingerprint density at radius 1 is 1.19 bits per heavy atom. The number of fused-ring (bicyclic) bond motifs is 1. The lowest BCUT2D eigenvalue weighted by Crippen LogP contribution is -2.37. The van der Waals surface area contributed by atoms with Crippen LogP contribution in [0.1, 0.15) is 18.0 Å². The molecule has 1 aliphatic heterocycles. The molecule has 1 unspecified atom stereocenters. The molecule has 5 nitrogen and oxygen atoms in total. The summed E-state index contributed by atoms with van der Waals surface area (Å²) in [6.45, 7) is 0. The quantitative estimate of drug-likeness (QED) is 0.725. The molecule has 0 saturated carbocycles. The molecule has 1 aliphatic rings. The summed E-state index contributed by atoms with van der Waals surface area (Å²) >= 11 is 1.38. The number of aromatic nitrogens is 1. The molecular weight excluding hydrogens is 353 g/mol. The van der Waals surface area contributed by atoms with Crippen molar-refractivity contribution in [3.8, 4) is 0 Å². The molecule has 0 bridgehead atoms. The van der Waals surface area contributed by atoms with Gasteiger partial charge in [-0.1, -0.05) is 35.6 Å². The molecule has 7 heteroatoms. The van der Waals surface area contributed by atoms with E-state index in [1.807, 2.05) is 24.3 Å². The Hall–Kier alpha value is -3.06. The molecule has 26 heavy (non-hydrogen) atoms. The average Bonchev–Trinajstić information content (AvgIpc) is 3.04. The number of para-hydroxylation sites is 1. The highest BCUT2D eigenvalue weighted by molar-refractivity contribution is 7.22. The van der Waals surface area contributed by atoms with Gasteiger partial charge in [0.2, 0.25) is 0 Å². The maximum Gasteiger partial charge on any atom is 0.328 e. The molecule has 1 atom stereocenters. The minimum Gasteiger partial charge on any atom is -0.295 e. The summed E-state index contributed by atoms with van der Waals surface area (Å²) in [4.78, 5) is 30.4. The molecule has 2 aromatic carbocycles. The third-order valence-corrected chi connectivity index (χ3v) is 5.10. The summed E-state index contributed by atoms with van der Waals surface area (Å²) in [5.74, 6) is -0.444. The van der Waals surface area contributed by atoms with Gasteiger partial charge in [0.15, 0.2) is 10.9 Å². The zero-order chi connectivity index (χ0) is 18.1. The van der Waals surface area contributed by atoms with E-state index < -0.39 is 6.04 Å². The Labute approximate surface area is 152 Å². The summed E-state index contributed by atoms with van der Waals surface area (Å²) in [5.41, 5.74) is 1.51. The number of ketones is 1. The van der Waals surface area contributed by atoms with E-state index in [0.717, 1.165) is 10.2 Å². The van der Waals surface area contributed by atoms with Crippen molar-refractivity contribution in [1.82, 2.24) is 9.88 Å². The third-order valence-electron chi connectivity index (χ3n) is 4.15. The molecule has 2 heterocycles. The number of nitrogens with zero attached hydrogens (tertiary/aromatic N) is 2. The van der Waals surface area contributed by atoms with Crippen LogP contribution in [0.4, 0.5) is 14.3 Å². The Bertz CT molecular complexity index is 980. The van der Waals surface area contributed by atoms with Crippen molar-refractivity contribution in [2.75, 3.05) is 5.32 Å². The second-order valence-electron chi connectivity index (χ2n) is 5.88. The van der Waals surface area contributed by atoms with Crippen molar-refractivity contribution in [3.05, 3.63) is 72.2 Å². The number of hydrogen-bond acceptors (Lipinski definition) is 4. The first-order chi connectivity index (χ1) is 12.6. The standard InChI is InChI=1S/C19H14FN3O2S/c20-13-7-5-12(6-8-13)16-11-14(24)9-10-23(16)19(25)22-18-21-15-3-1-2-4-17(15)26-18/h1-10,16H,11H2,(H,21,22,25). The average molecular weight is 367 g/mol. The molecule has 0 spiro atoms. The van der Waals surface area contributed by atoms with Gasteiger partial charge in [-0.3, -0.25) is 15.0 Å².